The summed E-state index contributed by atoms with van der Waals surface area (Å²) < 4.78 is 52.6. The number of hydrogen-bond acceptors (Lipinski definition) is 3. The van der Waals surface area contributed by atoms with E-state index < -0.39 is 32.5 Å². The molecule has 0 bridgehead atoms. The third-order valence-electron chi connectivity index (χ3n) is 2.75. The summed E-state index contributed by atoms with van der Waals surface area (Å²) in [6.45, 7) is 0. The molecule has 2 aromatic carbocycles. The van der Waals surface area contributed by atoms with Gasteiger partial charge in [0, 0.05) is 24.4 Å². The predicted octanol–water partition coefficient (Wildman–Crippen LogP) is 2.13. The first-order valence-electron chi connectivity index (χ1n) is 6.13. The highest BCUT2D eigenvalue weighted by Crippen LogP contribution is 2.19. The van der Waals surface area contributed by atoms with E-state index in [0.717, 1.165) is 0 Å². The largest absolute Gasteiger partial charge is 0.355 e. The van der Waals surface area contributed by atoms with Crippen molar-refractivity contribution >= 4 is 21.6 Å². The molecule has 0 radical (unpaired) electrons. The Balaban J connectivity index is 2.34. The fourth-order valence-electron chi connectivity index (χ4n) is 1.77. The third-order valence-corrected chi connectivity index (χ3v) is 4.11. The first-order chi connectivity index (χ1) is 10.3. The van der Waals surface area contributed by atoms with Gasteiger partial charge in [-0.2, -0.15) is 0 Å². The number of nitrogens with one attached hydrogen (secondary N) is 2. The summed E-state index contributed by atoms with van der Waals surface area (Å²) in [5, 5.41) is 2.40. The van der Waals surface area contributed by atoms with Gasteiger partial charge in [0.25, 0.3) is 15.9 Å². The van der Waals surface area contributed by atoms with Crippen LogP contribution in [-0.2, 0) is 10.0 Å². The number of hydrogen-bond donors (Lipinski definition) is 2. The molecule has 0 aliphatic carbocycles. The second-order valence-corrected chi connectivity index (χ2v) is 6.05. The molecule has 0 fully saturated rings. The van der Waals surface area contributed by atoms with Gasteiger partial charge in [0.05, 0.1) is 4.90 Å². The summed E-state index contributed by atoms with van der Waals surface area (Å²) >= 11 is 0. The van der Waals surface area contributed by atoms with Crippen LogP contribution in [0.1, 0.15) is 10.4 Å². The van der Waals surface area contributed by atoms with Gasteiger partial charge < -0.3 is 5.32 Å². The molecule has 0 saturated heterocycles. The number of sulfonamides is 1. The molecular weight excluding hydrogens is 314 g/mol. The van der Waals surface area contributed by atoms with E-state index in [-0.39, 0.29) is 11.3 Å². The molecule has 0 spiro atoms. The molecule has 0 heterocycles. The van der Waals surface area contributed by atoms with Crippen molar-refractivity contribution in [3.05, 3.63) is 59.7 Å². The summed E-state index contributed by atoms with van der Waals surface area (Å²) in [6.07, 6.45) is 0. The van der Waals surface area contributed by atoms with E-state index in [4.69, 9.17) is 0 Å². The molecule has 116 valence electrons. The molecule has 1 amide bonds. The minimum absolute atomic E-state index is 0.103. The van der Waals surface area contributed by atoms with Crippen LogP contribution in [0.25, 0.3) is 0 Å². The van der Waals surface area contributed by atoms with Gasteiger partial charge in [0.2, 0.25) is 0 Å². The van der Waals surface area contributed by atoms with Crippen LogP contribution in [0.5, 0.6) is 0 Å². The molecule has 0 atom stereocenters. The fraction of sp³-hybridized carbons (Fsp3) is 0.0714. The predicted molar refractivity (Wildman–Crippen MR) is 77.0 cm³/mol. The maximum absolute atomic E-state index is 13.1. The second kappa shape index (κ2) is 6.10. The number of amides is 1. The van der Waals surface area contributed by atoms with Gasteiger partial charge in [-0.25, -0.2) is 17.2 Å². The van der Waals surface area contributed by atoms with Crippen molar-refractivity contribution < 1.29 is 22.0 Å². The highest BCUT2D eigenvalue weighted by Gasteiger charge is 2.17. The van der Waals surface area contributed by atoms with Crippen molar-refractivity contribution in [3.8, 4) is 0 Å². The van der Waals surface area contributed by atoms with E-state index in [1.54, 1.807) is 0 Å². The molecule has 0 aliphatic rings. The lowest BCUT2D eigenvalue weighted by molar-refractivity contribution is 0.0963. The van der Waals surface area contributed by atoms with Gasteiger partial charge in [0.1, 0.15) is 11.6 Å². The number of anilines is 1. The summed E-state index contributed by atoms with van der Waals surface area (Å²) in [4.78, 5) is 11.0. The van der Waals surface area contributed by atoms with Crippen molar-refractivity contribution in [2.24, 2.45) is 0 Å². The highest BCUT2D eigenvalue weighted by atomic mass is 32.2. The minimum atomic E-state index is -4.17. The molecule has 2 N–H and O–H groups in total. The zero-order valence-corrected chi connectivity index (χ0v) is 12.2. The van der Waals surface area contributed by atoms with Crippen molar-refractivity contribution in [2.45, 2.75) is 4.90 Å². The van der Waals surface area contributed by atoms with Gasteiger partial charge in [-0.15, -0.1) is 0 Å². The Kier molecular flexibility index (Phi) is 4.41. The van der Waals surface area contributed by atoms with Gasteiger partial charge in [-0.05, 0) is 30.3 Å². The summed E-state index contributed by atoms with van der Waals surface area (Å²) in [6, 6.07) is 7.69. The first kappa shape index (κ1) is 15.9. The van der Waals surface area contributed by atoms with Gasteiger partial charge in [-0.3, -0.25) is 9.52 Å². The van der Waals surface area contributed by atoms with Crippen LogP contribution in [0, 0.1) is 11.6 Å². The average Bonchev–Trinajstić information content (AvgIpc) is 2.45. The van der Waals surface area contributed by atoms with E-state index in [2.05, 4.69) is 10.0 Å². The Bertz CT molecular complexity index is 802. The lowest BCUT2D eigenvalue weighted by atomic mass is 10.2. The van der Waals surface area contributed by atoms with Crippen LogP contribution in [-0.4, -0.2) is 21.4 Å². The van der Waals surface area contributed by atoms with Crippen molar-refractivity contribution in [1.82, 2.24) is 5.32 Å². The second-order valence-electron chi connectivity index (χ2n) is 4.37. The molecule has 0 saturated carbocycles. The molecule has 0 aromatic heterocycles. The normalized spacial score (nSPS) is 11.0. The summed E-state index contributed by atoms with van der Waals surface area (Å²) in [7, 11) is -2.73. The minimum Gasteiger partial charge on any atom is -0.355 e. The van der Waals surface area contributed by atoms with E-state index in [1.165, 1.54) is 31.3 Å². The van der Waals surface area contributed by atoms with Crippen LogP contribution in [0.3, 0.4) is 0 Å². The Morgan fingerprint density at radius 1 is 1.05 bits per heavy atom. The Morgan fingerprint density at radius 2 is 1.68 bits per heavy atom. The Morgan fingerprint density at radius 3 is 2.27 bits per heavy atom. The standard InChI is InChI=1S/C14H12F2N2O3S/c1-17-14(19)9-3-2-4-12(5-9)18-22(20,21)13-7-10(15)6-11(16)8-13/h2-8,18H,1H3,(H,17,19). The maximum atomic E-state index is 13.1. The van der Waals surface area contributed by atoms with E-state index >= 15 is 0 Å². The van der Waals surface area contributed by atoms with Crippen molar-refractivity contribution in [3.63, 3.8) is 0 Å². The number of rotatable bonds is 4. The van der Waals surface area contributed by atoms with Crippen LogP contribution in [0.2, 0.25) is 0 Å². The Hall–Kier alpha value is -2.48. The molecule has 8 heteroatoms. The van der Waals surface area contributed by atoms with Gasteiger partial charge in [-0.1, -0.05) is 6.07 Å². The summed E-state index contributed by atoms with van der Waals surface area (Å²) in [5.41, 5.74) is 0.346. The number of halogens is 2. The molecule has 0 unspecified atom stereocenters. The van der Waals surface area contributed by atoms with E-state index in [9.17, 15) is 22.0 Å². The topological polar surface area (TPSA) is 75.3 Å². The molecule has 2 rings (SSSR count). The SMILES string of the molecule is CNC(=O)c1cccc(NS(=O)(=O)c2cc(F)cc(F)c2)c1. The Labute approximate surface area is 126 Å². The number of benzene rings is 2. The van der Waals surface area contributed by atoms with Gasteiger partial charge >= 0.3 is 0 Å². The third kappa shape index (κ3) is 3.59. The van der Waals surface area contributed by atoms with Crippen molar-refractivity contribution in [1.29, 1.82) is 0 Å². The molecule has 2 aromatic rings. The summed E-state index contributed by atoms with van der Waals surface area (Å²) in [5.74, 6) is -2.39. The monoisotopic (exact) mass is 326 g/mol. The number of carbonyl (C=O) groups is 1. The van der Waals surface area contributed by atoms with Crippen LogP contribution in [0.4, 0.5) is 14.5 Å². The highest BCUT2D eigenvalue weighted by molar-refractivity contribution is 7.92. The number of carbonyl (C=O) groups excluding carboxylic acids is 1. The molecule has 22 heavy (non-hydrogen) atoms. The maximum Gasteiger partial charge on any atom is 0.262 e. The molecule has 5 nitrogen and oxygen atoms in total. The zero-order valence-electron chi connectivity index (χ0n) is 11.4. The van der Waals surface area contributed by atoms with Crippen LogP contribution < -0.4 is 10.0 Å². The van der Waals surface area contributed by atoms with Crippen LogP contribution in [0.15, 0.2) is 47.4 Å². The van der Waals surface area contributed by atoms with Gasteiger partial charge in [0.15, 0.2) is 0 Å². The molecular formula is C14H12F2N2O3S. The van der Waals surface area contributed by atoms with Crippen LogP contribution >= 0.6 is 0 Å². The smallest absolute Gasteiger partial charge is 0.262 e. The lowest BCUT2D eigenvalue weighted by Crippen LogP contribution is -2.18. The first-order valence-corrected chi connectivity index (χ1v) is 7.61. The quantitative estimate of drug-likeness (QED) is 0.904. The fourth-order valence-corrected chi connectivity index (χ4v) is 2.86. The van der Waals surface area contributed by atoms with E-state index in [0.29, 0.717) is 18.2 Å². The average molecular weight is 326 g/mol. The zero-order chi connectivity index (χ0) is 16.3. The van der Waals surface area contributed by atoms with E-state index in [1.807, 2.05) is 0 Å². The molecule has 0 aliphatic heterocycles. The lowest BCUT2D eigenvalue weighted by Gasteiger charge is -2.09. The van der Waals surface area contributed by atoms with Crippen molar-refractivity contribution in [2.75, 3.05) is 11.8 Å².